The van der Waals surface area contributed by atoms with Gasteiger partial charge < -0.3 is 4.74 Å². The van der Waals surface area contributed by atoms with Gasteiger partial charge in [0, 0.05) is 13.1 Å². The summed E-state index contributed by atoms with van der Waals surface area (Å²) in [5.41, 5.74) is 1.88. The number of amides is 2. The minimum absolute atomic E-state index is 0.107. The van der Waals surface area contributed by atoms with Crippen molar-refractivity contribution in [2.24, 2.45) is 0 Å². The van der Waals surface area contributed by atoms with Crippen molar-refractivity contribution < 1.29 is 14.3 Å². The Labute approximate surface area is 130 Å². The lowest BCUT2D eigenvalue weighted by Gasteiger charge is -2.30. The van der Waals surface area contributed by atoms with E-state index in [9.17, 15) is 9.59 Å². The maximum atomic E-state index is 12.7. The Bertz CT molecular complexity index is 562. The van der Waals surface area contributed by atoms with Crippen LogP contribution in [-0.2, 0) is 14.3 Å². The first-order valence-corrected chi connectivity index (χ1v) is 7.86. The van der Waals surface area contributed by atoms with Crippen LogP contribution in [0.2, 0.25) is 0 Å². The van der Waals surface area contributed by atoms with Crippen LogP contribution < -0.4 is 4.90 Å². The Hall–Kier alpha value is -1.72. The molecule has 2 heterocycles. The third kappa shape index (κ3) is 2.78. The number of carbonyl (C=O) groups excluding carboxylic acids is 2. The van der Waals surface area contributed by atoms with Crippen LogP contribution in [-0.4, -0.2) is 49.1 Å². The number of benzene rings is 1. The molecule has 2 fully saturated rings. The van der Waals surface area contributed by atoms with Crippen molar-refractivity contribution in [1.29, 1.82) is 0 Å². The number of rotatable bonds is 3. The number of carbonyl (C=O) groups is 2. The van der Waals surface area contributed by atoms with E-state index in [0.717, 1.165) is 0 Å². The molecule has 2 aliphatic rings. The molecule has 2 amide bonds. The van der Waals surface area contributed by atoms with Gasteiger partial charge in [-0.3, -0.25) is 14.5 Å². The molecule has 1 aromatic carbocycles. The molecule has 5 nitrogen and oxygen atoms in total. The molecule has 0 radical (unpaired) electrons. The fourth-order valence-corrected chi connectivity index (χ4v) is 3.07. The largest absolute Gasteiger partial charge is 0.379 e. The summed E-state index contributed by atoms with van der Waals surface area (Å²) >= 11 is 0. The third-order valence-corrected chi connectivity index (χ3v) is 4.43. The molecule has 0 aromatic heterocycles. The zero-order chi connectivity index (χ0) is 15.7. The molecule has 2 aliphatic heterocycles. The molecular weight excluding hydrogens is 280 g/mol. The summed E-state index contributed by atoms with van der Waals surface area (Å²) in [6.45, 7) is 6.92. The minimum Gasteiger partial charge on any atom is -0.379 e. The fourth-order valence-electron chi connectivity index (χ4n) is 3.07. The minimum atomic E-state index is -0.332. The van der Waals surface area contributed by atoms with Gasteiger partial charge in [0.25, 0.3) is 5.91 Å². The molecule has 22 heavy (non-hydrogen) atoms. The van der Waals surface area contributed by atoms with Gasteiger partial charge in [-0.25, -0.2) is 4.90 Å². The molecule has 2 saturated heterocycles. The number of hydrogen-bond donors (Lipinski definition) is 0. The van der Waals surface area contributed by atoms with Gasteiger partial charge in [0.05, 0.1) is 31.4 Å². The molecule has 0 N–H and O–H groups in total. The van der Waals surface area contributed by atoms with E-state index in [2.05, 4.69) is 18.7 Å². The Morgan fingerprint density at radius 2 is 1.73 bits per heavy atom. The molecule has 0 bridgehead atoms. The van der Waals surface area contributed by atoms with Gasteiger partial charge >= 0.3 is 0 Å². The highest BCUT2D eigenvalue weighted by Crippen LogP contribution is 2.27. The van der Waals surface area contributed by atoms with Gasteiger partial charge in [0.2, 0.25) is 5.91 Å². The van der Waals surface area contributed by atoms with Crippen LogP contribution in [0, 0.1) is 0 Å². The number of morpholine rings is 1. The average molecular weight is 302 g/mol. The third-order valence-electron chi connectivity index (χ3n) is 4.43. The fraction of sp³-hybridized carbons (Fsp3) is 0.529. The number of hydrogen-bond acceptors (Lipinski definition) is 4. The van der Waals surface area contributed by atoms with Crippen molar-refractivity contribution in [3.63, 3.8) is 0 Å². The van der Waals surface area contributed by atoms with E-state index in [-0.39, 0.29) is 24.3 Å². The molecule has 118 valence electrons. The van der Waals surface area contributed by atoms with Crippen molar-refractivity contribution in [3.8, 4) is 0 Å². The lowest BCUT2D eigenvalue weighted by molar-refractivity contribution is -0.123. The zero-order valence-corrected chi connectivity index (χ0v) is 13.1. The lowest BCUT2D eigenvalue weighted by Crippen LogP contribution is -2.47. The van der Waals surface area contributed by atoms with Gasteiger partial charge in [0.15, 0.2) is 0 Å². The summed E-state index contributed by atoms with van der Waals surface area (Å²) in [5.74, 6) is 0.211. The highest BCUT2D eigenvalue weighted by atomic mass is 16.5. The van der Waals surface area contributed by atoms with Crippen LogP contribution in [0.3, 0.4) is 0 Å². The smallest absolute Gasteiger partial charge is 0.251 e. The maximum Gasteiger partial charge on any atom is 0.251 e. The Kier molecular flexibility index (Phi) is 4.27. The van der Waals surface area contributed by atoms with E-state index in [1.54, 1.807) is 0 Å². The average Bonchev–Trinajstić information content (AvgIpc) is 2.83. The SMILES string of the molecule is CC(C)c1ccc(N2C(=O)C[C@@H](N3CCOCC3)C2=O)cc1. The van der Waals surface area contributed by atoms with E-state index in [1.807, 2.05) is 24.3 Å². The number of imide groups is 1. The molecule has 5 heteroatoms. The van der Waals surface area contributed by atoms with Crippen LogP contribution in [0.1, 0.15) is 31.7 Å². The summed E-state index contributed by atoms with van der Waals surface area (Å²) in [4.78, 5) is 28.4. The van der Waals surface area contributed by atoms with Crippen molar-refractivity contribution >= 4 is 17.5 Å². The van der Waals surface area contributed by atoms with Crippen LogP contribution in [0.5, 0.6) is 0 Å². The summed E-state index contributed by atoms with van der Waals surface area (Å²) in [7, 11) is 0. The monoisotopic (exact) mass is 302 g/mol. The van der Waals surface area contributed by atoms with Crippen LogP contribution in [0.15, 0.2) is 24.3 Å². The van der Waals surface area contributed by atoms with Crippen molar-refractivity contribution in [2.75, 3.05) is 31.2 Å². The first kappa shape index (κ1) is 15.2. The molecule has 1 aromatic rings. The predicted octanol–water partition coefficient (Wildman–Crippen LogP) is 1.77. The second-order valence-electron chi connectivity index (χ2n) is 6.18. The lowest BCUT2D eigenvalue weighted by atomic mass is 10.0. The molecule has 0 saturated carbocycles. The Balaban J connectivity index is 1.78. The summed E-state index contributed by atoms with van der Waals surface area (Å²) in [6.07, 6.45) is 0.269. The van der Waals surface area contributed by atoms with E-state index >= 15 is 0 Å². The second-order valence-corrected chi connectivity index (χ2v) is 6.18. The molecule has 0 spiro atoms. The van der Waals surface area contributed by atoms with Gasteiger partial charge in [0.1, 0.15) is 0 Å². The first-order chi connectivity index (χ1) is 10.6. The van der Waals surface area contributed by atoms with Crippen molar-refractivity contribution in [3.05, 3.63) is 29.8 Å². The van der Waals surface area contributed by atoms with E-state index in [4.69, 9.17) is 4.74 Å². The highest BCUT2D eigenvalue weighted by Gasteiger charge is 2.42. The molecule has 0 unspecified atom stereocenters. The van der Waals surface area contributed by atoms with E-state index < -0.39 is 0 Å². The normalized spacial score (nSPS) is 23.6. The molecule has 1 atom stereocenters. The predicted molar refractivity (Wildman–Crippen MR) is 83.8 cm³/mol. The summed E-state index contributed by atoms with van der Waals surface area (Å²) in [6, 6.07) is 7.38. The van der Waals surface area contributed by atoms with E-state index in [1.165, 1.54) is 10.5 Å². The Morgan fingerprint density at radius 1 is 1.09 bits per heavy atom. The number of anilines is 1. The maximum absolute atomic E-state index is 12.7. The molecular formula is C17H22N2O3. The zero-order valence-electron chi connectivity index (χ0n) is 13.1. The van der Waals surface area contributed by atoms with Crippen LogP contribution >= 0.6 is 0 Å². The summed E-state index contributed by atoms with van der Waals surface area (Å²) in [5, 5.41) is 0. The summed E-state index contributed by atoms with van der Waals surface area (Å²) < 4.78 is 5.32. The van der Waals surface area contributed by atoms with Gasteiger partial charge in [-0.15, -0.1) is 0 Å². The van der Waals surface area contributed by atoms with Crippen LogP contribution in [0.25, 0.3) is 0 Å². The highest BCUT2D eigenvalue weighted by molar-refractivity contribution is 6.22. The topological polar surface area (TPSA) is 49.9 Å². The quantitative estimate of drug-likeness (QED) is 0.799. The van der Waals surface area contributed by atoms with Gasteiger partial charge in [-0.05, 0) is 23.6 Å². The molecule has 3 rings (SSSR count). The Morgan fingerprint density at radius 3 is 2.32 bits per heavy atom. The van der Waals surface area contributed by atoms with E-state index in [0.29, 0.717) is 37.9 Å². The van der Waals surface area contributed by atoms with Gasteiger partial charge in [-0.2, -0.15) is 0 Å². The second kappa shape index (κ2) is 6.18. The number of nitrogens with zero attached hydrogens (tertiary/aromatic N) is 2. The first-order valence-electron chi connectivity index (χ1n) is 7.86. The van der Waals surface area contributed by atoms with Gasteiger partial charge in [-0.1, -0.05) is 26.0 Å². The molecule has 0 aliphatic carbocycles. The van der Waals surface area contributed by atoms with Crippen LogP contribution in [0.4, 0.5) is 5.69 Å². The van der Waals surface area contributed by atoms with Crippen molar-refractivity contribution in [1.82, 2.24) is 4.90 Å². The van der Waals surface area contributed by atoms with Crippen molar-refractivity contribution in [2.45, 2.75) is 32.2 Å². The number of ether oxygens (including phenoxy) is 1. The standard InChI is InChI=1S/C17H22N2O3/c1-12(2)13-3-5-14(6-4-13)19-16(20)11-15(17(19)21)18-7-9-22-10-8-18/h3-6,12,15H,7-11H2,1-2H3/t15-/m1/s1.